The van der Waals surface area contributed by atoms with Crippen LogP contribution in [0, 0.1) is 29.5 Å². The van der Waals surface area contributed by atoms with Gasteiger partial charge >= 0.3 is 0 Å². The Labute approximate surface area is 132 Å². The molecule has 2 nitrogen and oxygen atoms in total. The molecule has 4 aliphatic carbocycles. The van der Waals surface area contributed by atoms with E-state index in [1.165, 1.54) is 38.2 Å². The van der Waals surface area contributed by atoms with Crippen LogP contribution in [0.3, 0.4) is 0 Å². The molecule has 0 aliphatic heterocycles. The van der Waals surface area contributed by atoms with Crippen LogP contribution in [0.15, 0.2) is 22.7 Å². The van der Waals surface area contributed by atoms with E-state index < -0.39 is 0 Å². The molecule has 5 rings (SSSR count). The zero-order valence-corrected chi connectivity index (χ0v) is 13.4. The van der Waals surface area contributed by atoms with Crippen LogP contribution in [0.4, 0.5) is 4.39 Å². The first-order valence-corrected chi connectivity index (χ1v) is 8.65. The summed E-state index contributed by atoms with van der Waals surface area (Å²) < 4.78 is 13.6. The fraction of sp³-hybridized carbons (Fsp3) is 0.588. The minimum absolute atomic E-state index is 0.0619. The van der Waals surface area contributed by atoms with Gasteiger partial charge in [0.15, 0.2) is 0 Å². The summed E-state index contributed by atoms with van der Waals surface area (Å²) in [5.74, 6) is 2.73. The highest BCUT2D eigenvalue weighted by Gasteiger charge is 2.48. The first-order chi connectivity index (χ1) is 10.1. The molecule has 0 atom stereocenters. The van der Waals surface area contributed by atoms with Gasteiger partial charge in [-0.15, -0.1) is 0 Å². The van der Waals surface area contributed by atoms with E-state index in [2.05, 4.69) is 21.2 Å². The Hall–Kier alpha value is -0.900. The summed E-state index contributed by atoms with van der Waals surface area (Å²) in [5.41, 5.74) is 0.539. The molecule has 1 aromatic rings. The maximum absolute atomic E-state index is 13.3. The SMILES string of the molecule is O=C(NC1C2CC3CC(C2)CC1C3)c1ccc(F)c(Br)c1. The Morgan fingerprint density at radius 3 is 2.29 bits per heavy atom. The summed E-state index contributed by atoms with van der Waals surface area (Å²) in [7, 11) is 0. The zero-order chi connectivity index (χ0) is 14.6. The average Bonchev–Trinajstić information content (AvgIpc) is 2.45. The van der Waals surface area contributed by atoms with Crippen LogP contribution in [0.1, 0.15) is 42.5 Å². The summed E-state index contributed by atoms with van der Waals surface area (Å²) in [6, 6.07) is 4.80. The van der Waals surface area contributed by atoms with Gasteiger partial charge in [-0.2, -0.15) is 0 Å². The van der Waals surface area contributed by atoms with Gasteiger partial charge in [0, 0.05) is 11.6 Å². The van der Waals surface area contributed by atoms with Gasteiger partial charge in [-0.05, 0) is 89.9 Å². The molecule has 0 aromatic heterocycles. The molecule has 21 heavy (non-hydrogen) atoms. The van der Waals surface area contributed by atoms with Crippen molar-refractivity contribution in [3.8, 4) is 0 Å². The van der Waals surface area contributed by atoms with E-state index in [0.717, 1.165) is 11.8 Å². The minimum atomic E-state index is -0.332. The van der Waals surface area contributed by atoms with Gasteiger partial charge in [0.05, 0.1) is 4.47 Å². The van der Waals surface area contributed by atoms with Gasteiger partial charge in [-0.1, -0.05) is 0 Å². The number of nitrogens with one attached hydrogen (secondary N) is 1. The van der Waals surface area contributed by atoms with Crippen molar-refractivity contribution in [3.63, 3.8) is 0 Å². The fourth-order valence-corrected chi connectivity index (χ4v) is 5.41. The molecule has 0 radical (unpaired) electrons. The van der Waals surface area contributed by atoms with E-state index in [4.69, 9.17) is 0 Å². The maximum Gasteiger partial charge on any atom is 0.251 e. The highest BCUT2D eigenvalue weighted by molar-refractivity contribution is 9.10. The molecule has 0 unspecified atom stereocenters. The molecule has 4 aliphatic rings. The van der Waals surface area contributed by atoms with Crippen molar-refractivity contribution in [2.75, 3.05) is 0 Å². The van der Waals surface area contributed by atoms with Gasteiger partial charge < -0.3 is 5.32 Å². The Kier molecular flexibility index (Phi) is 3.32. The van der Waals surface area contributed by atoms with E-state index in [-0.39, 0.29) is 11.7 Å². The first kappa shape index (κ1) is 13.7. The second kappa shape index (κ2) is 5.08. The Bertz CT molecular complexity index is 560. The summed E-state index contributed by atoms with van der Waals surface area (Å²) >= 11 is 3.15. The summed E-state index contributed by atoms with van der Waals surface area (Å²) in [6.07, 6.45) is 6.55. The third-order valence-electron chi connectivity index (χ3n) is 5.71. The summed E-state index contributed by atoms with van der Waals surface area (Å²) in [4.78, 5) is 12.4. The molecule has 112 valence electrons. The van der Waals surface area contributed by atoms with Gasteiger partial charge in [-0.25, -0.2) is 4.39 Å². The predicted octanol–water partition coefficient (Wildman–Crippen LogP) is 4.14. The molecule has 1 N–H and O–H groups in total. The standard InChI is InChI=1S/C17H19BrFNO/c18-14-8-11(1-2-15(14)19)17(21)20-16-12-4-9-3-10(6-12)7-13(16)5-9/h1-2,8-10,12-13,16H,3-7H2,(H,20,21). The molecule has 4 saturated carbocycles. The average molecular weight is 352 g/mol. The summed E-state index contributed by atoms with van der Waals surface area (Å²) in [5, 5.41) is 3.24. The Balaban J connectivity index is 1.50. The molecule has 4 heteroatoms. The lowest BCUT2D eigenvalue weighted by molar-refractivity contribution is -0.0119. The van der Waals surface area contributed by atoms with E-state index in [1.54, 1.807) is 12.1 Å². The second-order valence-corrected chi connectivity index (χ2v) is 7.91. The van der Waals surface area contributed by atoms with Crippen LogP contribution in [-0.2, 0) is 0 Å². The molecule has 4 bridgehead atoms. The quantitative estimate of drug-likeness (QED) is 0.852. The molecule has 4 fully saturated rings. The number of carbonyl (C=O) groups excluding carboxylic acids is 1. The Morgan fingerprint density at radius 1 is 1.10 bits per heavy atom. The third kappa shape index (κ3) is 2.41. The van der Waals surface area contributed by atoms with Gasteiger partial charge in [0.2, 0.25) is 0 Å². The zero-order valence-electron chi connectivity index (χ0n) is 11.8. The van der Waals surface area contributed by atoms with Crippen molar-refractivity contribution in [1.82, 2.24) is 5.32 Å². The van der Waals surface area contributed by atoms with Crippen LogP contribution >= 0.6 is 15.9 Å². The van der Waals surface area contributed by atoms with E-state index >= 15 is 0 Å². The lowest BCUT2D eigenvalue weighted by atomic mass is 9.54. The number of amides is 1. The van der Waals surface area contributed by atoms with E-state index in [9.17, 15) is 9.18 Å². The topological polar surface area (TPSA) is 29.1 Å². The van der Waals surface area contributed by atoms with Gasteiger partial charge in [-0.3, -0.25) is 4.79 Å². The van der Waals surface area contributed by atoms with Crippen LogP contribution in [0.5, 0.6) is 0 Å². The van der Waals surface area contributed by atoms with Crippen molar-refractivity contribution in [1.29, 1.82) is 0 Å². The van der Waals surface area contributed by atoms with Crippen molar-refractivity contribution >= 4 is 21.8 Å². The molecular weight excluding hydrogens is 333 g/mol. The highest BCUT2D eigenvalue weighted by atomic mass is 79.9. The van der Waals surface area contributed by atoms with Crippen LogP contribution in [-0.4, -0.2) is 11.9 Å². The molecule has 1 amide bonds. The predicted molar refractivity (Wildman–Crippen MR) is 82.4 cm³/mol. The summed E-state index contributed by atoms with van der Waals surface area (Å²) in [6.45, 7) is 0. The smallest absolute Gasteiger partial charge is 0.251 e. The Morgan fingerprint density at radius 2 is 1.71 bits per heavy atom. The third-order valence-corrected chi connectivity index (χ3v) is 6.31. The molecule has 0 heterocycles. The maximum atomic E-state index is 13.3. The molecule has 0 saturated heterocycles. The lowest BCUT2D eigenvalue weighted by Crippen LogP contribution is -2.55. The number of hydrogen-bond donors (Lipinski definition) is 1. The van der Waals surface area contributed by atoms with E-state index in [0.29, 0.717) is 27.9 Å². The number of benzene rings is 1. The number of hydrogen-bond acceptors (Lipinski definition) is 1. The number of carbonyl (C=O) groups is 1. The first-order valence-electron chi connectivity index (χ1n) is 7.86. The molecule has 1 aromatic carbocycles. The highest BCUT2D eigenvalue weighted by Crippen LogP contribution is 2.53. The van der Waals surface area contributed by atoms with Crippen LogP contribution in [0.2, 0.25) is 0 Å². The van der Waals surface area contributed by atoms with Crippen LogP contribution < -0.4 is 5.32 Å². The second-order valence-electron chi connectivity index (χ2n) is 7.06. The lowest BCUT2D eigenvalue weighted by Gasteiger charge is -2.54. The van der Waals surface area contributed by atoms with Crippen molar-refractivity contribution in [2.24, 2.45) is 23.7 Å². The molecular formula is C17H19BrFNO. The van der Waals surface area contributed by atoms with Gasteiger partial charge in [0.1, 0.15) is 5.82 Å². The van der Waals surface area contributed by atoms with Crippen LogP contribution in [0.25, 0.3) is 0 Å². The molecule has 0 spiro atoms. The number of halogens is 2. The largest absolute Gasteiger partial charge is 0.349 e. The number of rotatable bonds is 2. The van der Waals surface area contributed by atoms with Crippen molar-refractivity contribution in [3.05, 3.63) is 34.1 Å². The minimum Gasteiger partial charge on any atom is -0.349 e. The monoisotopic (exact) mass is 351 g/mol. The van der Waals surface area contributed by atoms with Crippen molar-refractivity contribution in [2.45, 2.75) is 38.1 Å². The van der Waals surface area contributed by atoms with E-state index in [1.807, 2.05) is 0 Å². The fourth-order valence-electron chi connectivity index (χ4n) is 5.03. The normalized spacial score (nSPS) is 36.8. The van der Waals surface area contributed by atoms with Crippen molar-refractivity contribution < 1.29 is 9.18 Å². The van der Waals surface area contributed by atoms with Gasteiger partial charge in [0.25, 0.3) is 5.91 Å².